The summed E-state index contributed by atoms with van der Waals surface area (Å²) in [7, 11) is 0. The second-order valence-electron chi connectivity index (χ2n) is 6.72. The molecule has 0 N–H and O–H groups in total. The van der Waals surface area contributed by atoms with E-state index in [-0.39, 0.29) is 24.4 Å². The highest BCUT2D eigenvalue weighted by molar-refractivity contribution is 4.95. The minimum atomic E-state index is -0.500. The minimum Gasteiger partial charge on any atom is -0.378 e. The quantitative estimate of drug-likeness (QED) is 0.641. The molecule has 124 valence electrons. The molecule has 2 aliphatic rings. The molecule has 2 unspecified atom stereocenters. The number of rotatable bonds is 8. The molecule has 0 bridgehead atoms. The summed E-state index contributed by atoms with van der Waals surface area (Å²) in [5.41, 5.74) is 0. The predicted octanol–water partition coefficient (Wildman–Crippen LogP) is 3.67. The number of ether oxygens (including phenoxy) is 4. The summed E-state index contributed by atoms with van der Waals surface area (Å²) in [6.45, 7) is 9.98. The second kappa shape index (κ2) is 7.91. The maximum atomic E-state index is 6.08. The molecule has 0 aromatic heterocycles. The fraction of sp³-hybridized carbons (Fsp3) is 1.00. The summed E-state index contributed by atoms with van der Waals surface area (Å²) in [5, 5.41) is 0. The summed E-state index contributed by atoms with van der Waals surface area (Å²) < 4.78 is 24.2. The van der Waals surface area contributed by atoms with E-state index in [4.69, 9.17) is 18.9 Å². The Labute approximate surface area is 129 Å². The van der Waals surface area contributed by atoms with Gasteiger partial charge in [0.2, 0.25) is 0 Å². The van der Waals surface area contributed by atoms with Crippen LogP contribution in [0.5, 0.6) is 0 Å². The zero-order valence-electron chi connectivity index (χ0n) is 14.1. The van der Waals surface area contributed by atoms with Gasteiger partial charge in [-0.25, -0.2) is 0 Å². The molecule has 1 saturated carbocycles. The van der Waals surface area contributed by atoms with Crippen LogP contribution in [0.15, 0.2) is 0 Å². The monoisotopic (exact) mass is 300 g/mol. The van der Waals surface area contributed by atoms with Gasteiger partial charge in [0.25, 0.3) is 0 Å². The molecule has 0 aromatic rings. The Morgan fingerprint density at radius 2 is 1.62 bits per heavy atom. The SMILES string of the molecule is CCCCOC1C[C@H](OCCCC)C[C@H]2OC(C)(C)OC12. The molecule has 1 aliphatic heterocycles. The van der Waals surface area contributed by atoms with E-state index in [0.717, 1.165) is 45.3 Å². The summed E-state index contributed by atoms with van der Waals surface area (Å²) in [6, 6.07) is 0. The van der Waals surface area contributed by atoms with Crippen LogP contribution in [0.2, 0.25) is 0 Å². The summed E-state index contributed by atoms with van der Waals surface area (Å²) >= 11 is 0. The Balaban J connectivity index is 1.91. The zero-order valence-corrected chi connectivity index (χ0v) is 14.1. The maximum Gasteiger partial charge on any atom is 0.163 e. The number of fused-ring (bicyclic) bond motifs is 1. The van der Waals surface area contributed by atoms with Gasteiger partial charge < -0.3 is 18.9 Å². The summed E-state index contributed by atoms with van der Waals surface area (Å²) in [6.07, 6.45) is 6.89. The van der Waals surface area contributed by atoms with Crippen LogP contribution in [-0.4, -0.2) is 43.4 Å². The van der Waals surface area contributed by atoms with E-state index in [9.17, 15) is 0 Å². The van der Waals surface area contributed by atoms with Crippen molar-refractivity contribution in [2.75, 3.05) is 13.2 Å². The van der Waals surface area contributed by atoms with Crippen LogP contribution in [-0.2, 0) is 18.9 Å². The topological polar surface area (TPSA) is 36.9 Å². The lowest BCUT2D eigenvalue weighted by Crippen LogP contribution is -2.47. The Morgan fingerprint density at radius 1 is 0.952 bits per heavy atom. The van der Waals surface area contributed by atoms with Crippen LogP contribution in [0, 0.1) is 0 Å². The van der Waals surface area contributed by atoms with Gasteiger partial charge in [0.05, 0.1) is 18.3 Å². The first-order valence-electron chi connectivity index (χ1n) is 8.64. The average Bonchev–Trinajstić information content (AvgIpc) is 2.73. The van der Waals surface area contributed by atoms with E-state index >= 15 is 0 Å². The third kappa shape index (κ3) is 4.92. The molecule has 4 heteroatoms. The van der Waals surface area contributed by atoms with Gasteiger partial charge >= 0.3 is 0 Å². The first-order valence-corrected chi connectivity index (χ1v) is 8.64. The smallest absolute Gasteiger partial charge is 0.163 e. The molecule has 1 heterocycles. The van der Waals surface area contributed by atoms with Crippen molar-refractivity contribution in [2.24, 2.45) is 0 Å². The molecule has 2 fully saturated rings. The molecule has 0 amide bonds. The summed E-state index contributed by atoms with van der Waals surface area (Å²) in [4.78, 5) is 0. The Morgan fingerprint density at radius 3 is 2.29 bits per heavy atom. The Kier molecular flexibility index (Phi) is 6.48. The Bertz CT molecular complexity index is 305. The molecule has 1 saturated heterocycles. The number of unbranched alkanes of at least 4 members (excludes halogenated alkanes) is 2. The van der Waals surface area contributed by atoms with Gasteiger partial charge in [-0.3, -0.25) is 0 Å². The minimum absolute atomic E-state index is 0.0582. The number of hydrogen-bond donors (Lipinski definition) is 0. The standard InChI is InChI=1S/C17H32O4/c1-5-7-9-18-13-11-14(19-10-8-6-2)16-15(12-13)20-17(3,4)21-16/h13-16H,5-12H2,1-4H3/t13-,14?,15+,16?/m0/s1. The van der Waals surface area contributed by atoms with E-state index in [1.165, 1.54) is 6.42 Å². The average molecular weight is 300 g/mol. The van der Waals surface area contributed by atoms with Crippen LogP contribution in [0.1, 0.15) is 66.2 Å². The maximum absolute atomic E-state index is 6.08. The van der Waals surface area contributed by atoms with Crippen molar-refractivity contribution in [3.63, 3.8) is 0 Å². The fourth-order valence-corrected chi connectivity index (χ4v) is 3.18. The lowest BCUT2D eigenvalue weighted by Gasteiger charge is -2.36. The van der Waals surface area contributed by atoms with E-state index in [2.05, 4.69) is 13.8 Å². The lowest BCUT2D eigenvalue weighted by molar-refractivity contribution is -0.158. The molecule has 4 nitrogen and oxygen atoms in total. The van der Waals surface area contributed by atoms with Crippen LogP contribution < -0.4 is 0 Å². The first-order chi connectivity index (χ1) is 10.1. The highest BCUT2D eigenvalue weighted by Gasteiger charge is 2.50. The van der Waals surface area contributed by atoms with Gasteiger partial charge in [-0.2, -0.15) is 0 Å². The zero-order chi connectivity index (χ0) is 15.3. The molecule has 21 heavy (non-hydrogen) atoms. The molecule has 1 aliphatic carbocycles. The van der Waals surface area contributed by atoms with Crippen molar-refractivity contribution in [2.45, 2.75) is 96.4 Å². The van der Waals surface area contributed by atoms with Gasteiger partial charge in [-0.15, -0.1) is 0 Å². The van der Waals surface area contributed by atoms with Crippen LogP contribution in [0.4, 0.5) is 0 Å². The van der Waals surface area contributed by atoms with Crippen LogP contribution in [0.25, 0.3) is 0 Å². The molecular weight excluding hydrogens is 268 g/mol. The second-order valence-corrected chi connectivity index (χ2v) is 6.72. The molecule has 4 atom stereocenters. The molecule has 2 rings (SSSR count). The van der Waals surface area contributed by atoms with Crippen molar-refractivity contribution in [1.82, 2.24) is 0 Å². The van der Waals surface area contributed by atoms with Gasteiger partial charge in [0, 0.05) is 26.1 Å². The first kappa shape index (κ1) is 17.2. The van der Waals surface area contributed by atoms with Crippen LogP contribution in [0.3, 0.4) is 0 Å². The van der Waals surface area contributed by atoms with Gasteiger partial charge in [0.15, 0.2) is 5.79 Å². The lowest BCUT2D eigenvalue weighted by atomic mass is 9.89. The van der Waals surface area contributed by atoms with E-state index in [1.807, 2.05) is 13.8 Å². The molecular formula is C17H32O4. The van der Waals surface area contributed by atoms with Crippen molar-refractivity contribution < 1.29 is 18.9 Å². The van der Waals surface area contributed by atoms with Crippen molar-refractivity contribution in [3.05, 3.63) is 0 Å². The van der Waals surface area contributed by atoms with Gasteiger partial charge in [-0.1, -0.05) is 26.7 Å². The van der Waals surface area contributed by atoms with Gasteiger partial charge in [0.1, 0.15) is 6.10 Å². The predicted molar refractivity (Wildman–Crippen MR) is 82.4 cm³/mol. The highest BCUT2D eigenvalue weighted by Crippen LogP contribution is 2.39. The van der Waals surface area contributed by atoms with E-state index in [0.29, 0.717) is 0 Å². The number of hydrogen-bond acceptors (Lipinski definition) is 4. The van der Waals surface area contributed by atoms with Crippen molar-refractivity contribution in [3.8, 4) is 0 Å². The summed E-state index contributed by atoms with van der Waals surface area (Å²) in [5.74, 6) is -0.500. The molecule has 0 aromatic carbocycles. The highest BCUT2D eigenvalue weighted by atomic mass is 16.8. The normalized spacial score (nSPS) is 34.9. The van der Waals surface area contributed by atoms with E-state index in [1.54, 1.807) is 0 Å². The molecule has 0 spiro atoms. The Hall–Kier alpha value is -0.160. The van der Waals surface area contributed by atoms with Gasteiger partial charge in [-0.05, 0) is 26.7 Å². The third-order valence-electron chi connectivity index (χ3n) is 4.26. The van der Waals surface area contributed by atoms with Crippen molar-refractivity contribution in [1.29, 1.82) is 0 Å². The largest absolute Gasteiger partial charge is 0.378 e. The van der Waals surface area contributed by atoms with Crippen LogP contribution >= 0.6 is 0 Å². The molecule has 0 radical (unpaired) electrons. The fourth-order valence-electron chi connectivity index (χ4n) is 3.18. The van der Waals surface area contributed by atoms with E-state index < -0.39 is 5.79 Å². The third-order valence-corrected chi connectivity index (χ3v) is 4.26. The van der Waals surface area contributed by atoms with Crippen molar-refractivity contribution >= 4 is 0 Å².